The maximum absolute atomic E-state index is 3.38. The maximum Gasteiger partial charge on any atom is 0.0391 e. The van der Waals surface area contributed by atoms with Gasteiger partial charge >= 0.3 is 0 Å². The molecule has 2 atom stereocenters. The lowest BCUT2D eigenvalue weighted by molar-refractivity contribution is 0.217. The molecule has 3 nitrogen and oxygen atoms in total. The Morgan fingerprint density at radius 3 is 2.40 bits per heavy atom. The molecule has 1 heterocycles. The Balaban J connectivity index is 1.82. The summed E-state index contributed by atoms with van der Waals surface area (Å²) in [5.74, 6) is 0.755. The fourth-order valence-corrected chi connectivity index (χ4v) is 3.61. The number of hydrogen-bond donors (Lipinski definition) is 1. The zero-order chi connectivity index (χ0) is 14.1. The van der Waals surface area contributed by atoms with Crippen LogP contribution in [0.1, 0.15) is 30.9 Å². The van der Waals surface area contributed by atoms with Crippen molar-refractivity contribution in [2.45, 2.75) is 31.3 Å². The summed E-state index contributed by atoms with van der Waals surface area (Å²) in [7, 11) is 6.28. The minimum atomic E-state index is 0.617. The van der Waals surface area contributed by atoms with Crippen LogP contribution in [0.25, 0.3) is 0 Å². The smallest absolute Gasteiger partial charge is 0.0391 e. The maximum atomic E-state index is 3.38. The van der Waals surface area contributed by atoms with Crippen molar-refractivity contribution in [2.75, 3.05) is 39.1 Å². The van der Waals surface area contributed by atoms with Crippen molar-refractivity contribution in [3.8, 4) is 0 Å². The molecule has 3 heteroatoms. The van der Waals surface area contributed by atoms with Gasteiger partial charge in [0.15, 0.2) is 0 Å². The van der Waals surface area contributed by atoms with Gasteiger partial charge in [0.1, 0.15) is 0 Å². The average molecular weight is 273 g/mol. The van der Waals surface area contributed by atoms with Crippen molar-refractivity contribution >= 4 is 5.69 Å². The second-order valence-electron chi connectivity index (χ2n) is 6.51. The molecule has 1 aromatic rings. The molecule has 0 aromatic heterocycles. The number of benzene rings is 1. The lowest BCUT2D eigenvalue weighted by atomic mass is 9.93. The molecule has 1 saturated heterocycles. The fourth-order valence-electron chi connectivity index (χ4n) is 3.61. The molecule has 1 saturated carbocycles. The predicted octanol–water partition coefficient (Wildman–Crippen LogP) is 2.50. The third-order valence-corrected chi connectivity index (χ3v) is 4.80. The number of rotatable bonds is 5. The van der Waals surface area contributed by atoms with Gasteiger partial charge in [0.05, 0.1) is 0 Å². The molecular formula is C17H27N3. The van der Waals surface area contributed by atoms with Crippen LogP contribution in [-0.4, -0.2) is 45.2 Å². The Morgan fingerprint density at radius 1 is 1.15 bits per heavy atom. The second kappa shape index (κ2) is 5.74. The summed E-state index contributed by atoms with van der Waals surface area (Å²) in [4.78, 5) is 4.93. The van der Waals surface area contributed by atoms with E-state index < -0.39 is 0 Å². The van der Waals surface area contributed by atoms with Gasteiger partial charge < -0.3 is 10.2 Å². The van der Waals surface area contributed by atoms with Gasteiger partial charge in [-0.3, -0.25) is 4.90 Å². The summed E-state index contributed by atoms with van der Waals surface area (Å²) in [6, 6.07) is 10.7. The molecule has 110 valence electrons. The quantitative estimate of drug-likeness (QED) is 0.889. The molecule has 1 aliphatic carbocycles. The van der Waals surface area contributed by atoms with E-state index in [1.807, 2.05) is 0 Å². The highest BCUT2D eigenvalue weighted by atomic mass is 15.2. The molecule has 2 aliphatic rings. The van der Waals surface area contributed by atoms with E-state index in [0.717, 1.165) is 18.5 Å². The minimum Gasteiger partial charge on any atom is -0.378 e. The Hall–Kier alpha value is -1.06. The summed E-state index contributed by atoms with van der Waals surface area (Å²) < 4.78 is 0. The molecule has 1 N–H and O–H groups in total. The Labute approximate surface area is 123 Å². The van der Waals surface area contributed by atoms with E-state index in [1.54, 1.807) is 0 Å². The fraction of sp³-hybridized carbons (Fsp3) is 0.647. The van der Waals surface area contributed by atoms with Crippen molar-refractivity contribution in [1.82, 2.24) is 10.2 Å². The first kappa shape index (κ1) is 13.9. The van der Waals surface area contributed by atoms with Gasteiger partial charge in [-0.05, 0) is 63.0 Å². The number of nitrogens with one attached hydrogen (secondary N) is 1. The zero-order valence-electron chi connectivity index (χ0n) is 13.0. The lowest BCUT2D eigenvalue weighted by Gasteiger charge is -2.29. The molecular weight excluding hydrogens is 246 g/mol. The van der Waals surface area contributed by atoms with E-state index >= 15 is 0 Å². The monoisotopic (exact) mass is 273 g/mol. The molecule has 20 heavy (non-hydrogen) atoms. The van der Waals surface area contributed by atoms with Crippen LogP contribution in [0.2, 0.25) is 0 Å². The number of likely N-dealkylation sites (tertiary alicyclic amines) is 1. The molecule has 2 fully saturated rings. The van der Waals surface area contributed by atoms with Gasteiger partial charge in [0.25, 0.3) is 0 Å². The van der Waals surface area contributed by atoms with E-state index in [-0.39, 0.29) is 0 Å². The summed E-state index contributed by atoms with van der Waals surface area (Å²) in [6.07, 6.45) is 4.13. The van der Waals surface area contributed by atoms with Crippen LogP contribution in [0.5, 0.6) is 0 Å². The summed E-state index contributed by atoms with van der Waals surface area (Å²) >= 11 is 0. The standard InChI is InChI=1S/C17H27N3/c1-18-12-14-10-11-20(16-8-9-16)17(14)13-4-6-15(7-5-13)19(2)3/h4-7,14,16-18H,8-12H2,1-3H3. The summed E-state index contributed by atoms with van der Waals surface area (Å²) in [5, 5.41) is 3.38. The van der Waals surface area contributed by atoms with Crippen molar-refractivity contribution in [3.05, 3.63) is 29.8 Å². The zero-order valence-corrected chi connectivity index (χ0v) is 13.0. The molecule has 2 unspecified atom stereocenters. The highest BCUT2D eigenvalue weighted by molar-refractivity contribution is 5.46. The number of hydrogen-bond acceptors (Lipinski definition) is 3. The first-order valence-corrected chi connectivity index (χ1v) is 7.88. The Bertz CT molecular complexity index is 436. The van der Waals surface area contributed by atoms with Crippen LogP contribution in [0.3, 0.4) is 0 Å². The van der Waals surface area contributed by atoms with Gasteiger partial charge in [0, 0.05) is 31.9 Å². The van der Waals surface area contributed by atoms with Crippen molar-refractivity contribution in [3.63, 3.8) is 0 Å². The molecule has 3 rings (SSSR count). The van der Waals surface area contributed by atoms with E-state index in [0.29, 0.717) is 6.04 Å². The third-order valence-electron chi connectivity index (χ3n) is 4.80. The van der Waals surface area contributed by atoms with Gasteiger partial charge in [-0.15, -0.1) is 0 Å². The van der Waals surface area contributed by atoms with Crippen molar-refractivity contribution < 1.29 is 0 Å². The Kier molecular flexibility index (Phi) is 3.99. The van der Waals surface area contributed by atoms with Gasteiger partial charge in [-0.2, -0.15) is 0 Å². The van der Waals surface area contributed by atoms with E-state index in [1.165, 1.54) is 37.1 Å². The van der Waals surface area contributed by atoms with Crippen LogP contribution in [0, 0.1) is 5.92 Å². The predicted molar refractivity (Wildman–Crippen MR) is 85.3 cm³/mol. The molecule has 0 bridgehead atoms. The van der Waals surface area contributed by atoms with Crippen LogP contribution < -0.4 is 10.2 Å². The molecule has 0 radical (unpaired) electrons. The topological polar surface area (TPSA) is 18.5 Å². The largest absolute Gasteiger partial charge is 0.378 e. The van der Waals surface area contributed by atoms with Crippen LogP contribution in [0.15, 0.2) is 24.3 Å². The molecule has 1 aromatic carbocycles. The van der Waals surface area contributed by atoms with E-state index in [2.05, 4.69) is 60.5 Å². The van der Waals surface area contributed by atoms with Gasteiger partial charge in [0.2, 0.25) is 0 Å². The first-order valence-electron chi connectivity index (χ1n) is 7.88. The van der Waals surface area contributed by atoms with Crippen LogP contribution in [0.4, 0.5) is 5.69 Å². The highest BCUT2D eigenvalue weighted by Gasteiger charge is 2.42. The summed E-state index contributed by atoms with van der Waals surface area (Å²) in [5.41, 5.74) is 2.79. The average Bonchev–Trinajstić information content (AvgIpc) is 3.21. The van der Waals surface area contributed by atoms with Crippen molar-refractivity contribution in [1.29, 1.82) is 0 Å². The lowest BCUT2D eigenvalue weighted by Crippen LogP contribution is -2.30. The molecule has 1 aliphatic heterocycles. The third kappa shape index (κ3) is 2.70. The van der Waals surface area contributed by atoms with E-state index in [9.17, 15) is 0 Å². The van der Waals surface area contributed by atoms with Crippen LogP contribution in [-0.2, 0) is 0 Å². The minimum absolute atomic E-state index is 0.617. The van der Waals surface area contributed by atoms with Gasteiger partial charge in [-0.1, -0.05) is 12.1 Å². The summed E-state index contributed by atoms with van der Waals surface area (Å²) in [6.45, 7) is 2.40. The highest BCUT2D eigenvalue weighted by Crippen LogP contribution is 2.44. The number of anilines is 1. The normalized spacial score (nSPS) is 26.9. The molecule has 0 spiro atoms. The van der Waals surface area contributed by atoms with Gasteiger partial charge in [-0.25, -0.2) is 0 Å². The second-order valence-corrected chi connectivity index (χ2v) is 6.51. The number of nitrogens with zero attached hydrogens (tertiary/aromatic N) is 2. The molecule has 0 amide bonds. The Morgan fingerprint density at radius 2 is 1.85 bits per heavy atom. The van der Waals surface area contributed by atoms with E-state index in [4.69, 9.17) is 0 Å². The SMILES string of the molecule is CNCC1CCN(C2CC2)C1c1ccc(N(C)C)cc1. The first-order chi connectivity index (χ1) is 9.70. The van der Waals surface area contributed by atoms with Crippen molar-refractivity contribution in [2.24, 2.45) is 5.92 Å². The van der Waals surface area contributed by atoms with Crippen LogP contribution >= 0.6 is 0 Å².